The molecule has 2 N–H and O–H groups in total. The molecular formula is C14H21NO4S. The maximum Gasteiger partial charge on any atom is 0.240 e. The van der Waals surface area contributed by atoms with Gasteiger partial charge in [-0.3, -0.25) is 0 Å². The van der Waals surface area contributed by atoms with Crippen LogP contribution in [0.4, 0.5) is 0 Å². The first kappa shape index (κ1) is 15.3. The fraction of sp³-hybridized carbons (Fsp3) is 0.571. The van der Waals surface area contributed by atoms with Gasteiger partial charge in [0, 0.05) is 11.6 Å². The summed E-state index contributed by atoms with van der Waals surface area (Å²) in [5.41, 5.74) is 0.495. The third-order valence-electron chi connectivity index (χ3n) is 3.40. The maximum atomic E-state index is 12.2. The normalized spacial score (nSPS) is 15.9. The van der Waals surface area contributed by atoms with Gasteiger partial charge in [0.2, 0.25) is 10.0 Å². The Hall–Kier alpha value is -1.11. The summed E-state index contributed by atoms with van der Waals surface area (Å²) in [6.45, 7) is 2.28. The lowest BCUT2D eigenvalue weighted by Gasteiger charge is -2.26. The fourth-order valence-corrected chi connectivity index (χ4v) is 3.37. The standard InChI is InChI=1S/C14H21NO4S/c1-2-8-19-14-7-6-13(9-11(14)10-16)20(17,18)15-12-4-3-5-12/h6-7,9,12,15-16H,2-5,8,10H2,1H3. The molecule has 0 bridgehead atoms. The quantitative estimate of drug-likeness (QED) is 0.805. The molecule has 0 aromatic heterocycles. The molecule has 1 aromatic rings. The molecule has 0 heterocycles. The van der Waals surface area contributed by atoms with E-state index in [4.69, 9.17) is 4.74 Å². The average molecular weight is 299 g/mol. The molecule has 20 heavy (non-hydrogen) atoms. The van der Waals surface area contributed by atoms with E-state index >= 15 is 0 Å². The average Bonchev–Trinajstić information content (AvgIpc) is 2.40. The van der Waals surface area contributed by atoms with E-state index in [2.05, 4.69) is 4.72 Å². The molecular weight excluding hydrogens is 278 g/mol. The van der Waals surface area contributed by atoms with Gasteiger partial charge in [-0.1, -0.05) is 13.3 Å². The fourth-order valence-electron chi connectivity index (χ4n) is 2.01. The van der Waals surface area contributed by atoms with Gasteiger partial charge in [-0.05, 0) is 37.5 Å². The van der Waals surface area contributed by atoms with E-state index in [1.54, 1.807) is 6.07 Å². The van der Waals surface area contributed by atoms with E-state index in [0.717, 1.165) is 25.7 Å². The van der Waals surface area contributed by atoms with Crippen LogP contribution in [0, 0.1) is 0 Å². The van der Waals surface area contributed by atoms with Gasteiger partial charge in [-0.25, -0.2) is 13.1 Å². The molecule has 0 saturated heterocycles. The molecule has 2 rings (SSSR count). The van der Waals surface area contributed by atoms with Crippen LogP contribution in [0.3, 0.4) is 0 Å². The van der Waals surface area contributed by atoms with Gasteiger partial charge in [0.05, 0.1) is 18.1 Å². The zero-order chi connectivity index (χ0) is 14.6. The minimum atomic E-state index is -3.51. The van der Waals surface area contributed by atoms with Crippen molar-refractivity contribution < 1.29 is 18.3 Å². The van der Waals surface area contributed by atoms with E-state index in [9.17, 15) is 13.5 Å². The minimum Gasteiger partial charge on any atom is -0.493 e. The second-order valence-corrected chi connectivity index (χ2v) is 6.74. The molecule has 1 fully saturated rings. The van der Waals surface area contributed by atoms with Gasteiger partial charge in [0.15, 0.2) is 0 Å². The summed E-state index contributed by atoms with van der Waals surface area (Å²) in [5, 5.41) is 9.35. The van der Waals surface area contributed by atoms with E-state index in [0.29, 0.717) is 17.9 Å². The number of nitrogens with one attached hydrogen (secondary N) is 1. The largest absolute Gasteiger partial charge is 0.493 e. The van der Waals surface area contributed by atoms with Crippen molar-refractivity contribution in [2.45, 2.75) is 50.2 Å². The molecule has 0 atom stereocenters. The summed E-state index contributed by atoms with van der Waals surface area (Å²) < 4.78 is 32.5. The molecule has 0 spiro atoms. The van der Waals surface area contributed by atoms with Crippen LogP contribution in [0.15, 0.2) is 23.1 Å². The number of hydrogen-bond donors (Lipinski definition) is 2. The third-order valence-corrected chi connectivity index (χ3v) is 4.92. The van der Waals surface area contributed by atoms with Crippen LogP contribution < -0.4 is 9.46 Å². The molecule has 0 unspecified atom stereocenters. The Kier molecular flexibility index (Phi) is 5.01. The topological polar surface area (TPSA) is 75.6 Å². The molecule has 1 aromatic carbocycles. The summed E-state index contributed by atoms with van der Waals surface area (Å²) in [6.07, 6.45) is 3.71. The third kappa shape index (κ3) is 3.50. The molecule has 1 aliphatic carbocycles. The van der Waals surface area contributed by atoms with Crippen molar-refractivity contribution in [3.8, 4) is 5.75 Å². The van der Waals surface area contributed by atoms with Crippen molar-refractivity contribution in [2.24, 2.45) is 0 Å². The van der Waals surface area contributed by atoms with Crippen LogP contribution in [-0.4, -0.2) is 26.2 Å². The molecule has 112 valence electrons. The van der Waals surface area contributed by atoms with Crippen LogP contribution >= 0.6 is 0 Å². The Balaban J connectivity index is 2.19. The van der Waals surface area contributed by atoms with Crippen molar-refractivity contribution in [1.82, 2.24) is 4.72 Å². The predicted molar refractivity (Wildman–Crippen MR) is 76.1 cm³/mol. The Labute approximate surface area is 120 Å². The van der Waals surface area contributed by atoms with E-state index < -0.39 is 10.0 Å². The van der Waals surface area contributed by atoms with Crippen molar-refractivity contribution in [3.63, 3.8) is 0 Å². The molecule has 6 heteroatoms. The highest BCUT2D eigenvalue weighted by molar-refractivity contribution is 7.89. The summed E-state index contributed by atoms with van der Waals surface area (Å²) in [7, 11) is -3.51. The monoisotopic (exact) mass is 299 g/mol. The SMILES string of the molecule is CCCOc1ccc(S(=O)(=O)NC2CCC2)cc1CO. The molecule has 0 radical (unpaired) electrons. The molecule has 5 nitrogen and oxygen atoms in total. The summed E-state index contributed by atoms with van der Waals surface area (Å²) in [5.74, 6) is 0.539. The minimum absolute atomic E-state index is 0.0496. The number of sulfonamides is 1. The van der Waals surface area contributed by atoms with Crippen molar-refractivity contribution in [3.05, 3.63) is 23.8 Å². The first-order valence-corrected chi connectivity index (χ1v) is 8.44. The van der Waals surface area contributed by atoms with Gasteiger partial charge in [0.1, 0.15) is 5.75 Å². The predicted octanol–water partition coefficient (Wildman–Crippen LogP) is 1.80. The number of hydrogen-bond acceptors (Lipinski definition) is 4. The van der Waals surface area contributed by atoms with Crippen LogP contribution in [0.25, 0.3) is 0 Å². The first-order chi connectivity index (χ1) is 9.56. The zero-order valence-corrected chi connectivity index (χ0v) is 12.4. The lowest BCUT2D eigenvalue weighted by Crippen LogP contribution is -2.39. The van der Waals surface area contributed by atoms with Crippen LogP contribution in [-0.2, 0) is 16.6 Å². The lowest BCUT2D eigenvalue weighted by atomic mass is 9.94. The Morgan fingerprint density at radius 2 is 2.15 bits per heavy atom. The van der Waals surface area contributed by atoms with E-state index in [1.807, 2.05) is 6.92 Å². The van der Waals surface area contributed by atoms with Crippen LogP contribution in [0.1, 0.15) is 38.2 Å². The number of ether oxygens (including phenoxy) is 1. The summed E-state index contributed by atoms with van der Waals surface area (Å²) >= 11 is 0. The maximum absolute atomic E-state index is 12.2. The highest BCUT2D eigenvalue weighted by atomic mass is 32.2. The second kappa shape index (κ2) is 6.56. The first-order valence-electron chi connectivity index (χ1n) is 6.95. The van der Waals surface area contributed by atoms with Gasteiger partial charge >= 0.3 is 0 Å². The Morgan fingerprint density at radius 3 is 2.70 bits per heavy atom. The van der Waals surface area contributed by atoms with Crippen LogP contribution in [0.2, 0.25) is 0 Å². The van der Waals surface area contributed by atoms with Gasteiger partial charge in [0.25, 0.3) is 0 Å². The molecule has 1 saturated carbocycles. The Bertz CT molecular complexity index is 552. The number of aliphatic hydroxyl groups is 1. The van der Waals surface area contributed by atoms with Gasteiger partial charge < -0.3 is 9.84 Å². The number of benzene rings is 1. The lowest BCUT2D eigenvalue weighted by molar-refractivity contribution is 0.262. The Morgan fingerprint density at radius 1 is 1.40 bits per heavy atom. The number of rotatable bonds is 7. The van der Waals surface area contributed by atoms with Gasteiger partial charge in [-0.2, -0.15) is 0 Å². The van der Waals surface area contributed by atoms with Crippen molar-refractivity contribution in [1.29, 1.82) is 0 Å². The summed E-state index contributed by atoms with van der Waals surface area (Å²) in [6, 6.07) is 4.65. The highest BCUT2D eigenvalue weighted by Crippen LogP contribution is 2.25. The van der Waals surface area contributed by atoms with Crippen molar-refractivity contribution in [2.75, 3.05) is 6.61 Å². The molecule has 0 aliphatic heterocycles. The van der Waals surface area contributed by atoms with Crippen LogP contribution in [0.5, 0.6) is 5.75 Å². The number of aliphatic hydroxyl groups excluding tert-OH is 1. The van der Waals surface area contributed by atoms with Crippen molar-refractivity contribution >= 4 is 10.0 Å². The second-order valence-electron chi connectivity index (χ2n) is 5.03. The summed E-state index contributed by atoms with van der Waals surface area (Å²) in [4.78, 5) is 0.178. The van der Waals surface area contributed by atoms with E-state index in [-0.39, 0.29) is 17.5 Å². The highest BCUT2D eigenvalue weighted by Gasteiger charge is 2.25. The molecule has 1 aliphatic rings. The molecule has 0 amide bonds. The van der Waals surface area contributed by atoms with E-state index in [1.165, 1.54) is 12.1 Å². The van der Waals surface area contributed by atoms with Gasteiger partial charge in [-0.15, -0.1) is 0 Å². The zero-order valence-electron chi connectivity index (χ0n) is 11.6. The smallest absolute Gasteiger partial charge is 0.240 e.